The van der Waals surface area contributed by atoms with Gasteiger partial charge in [-0.15, -0.1) is 0 Å². The Morgan fingerprint density at radius 1 is 1.05 bits per heavy atom. The summed E-state index contributed by atoms with van der Waals surface area (Å²) >= 11 is 0. The Balaban J connectivity index is 1.18. The van der Waals surface area contributed by atoms with E-state index in [0.717, 1.165) is 43.3 Å². The predicted molar refractivity (Wildman–Crippen MR) is 150 cm³/mol. The van der Waals surface area contributed by atoms with Crippen molar-refractivity contribution in [2.24, 2.45) is 11.8 Å². The van der Waals surface area contributed by atoms with E-state index in [1.54, 1.807) is 36.4 Å². The highest BCUT2D eigenvalue weighted by molar-refractivity contribution is 6.08. The minimum absolute atomic E-state index is 0.130. The zero-order chi connectivity index (χ0) is 26.5. The molecule has 1 amide bonds. The number of phenols is 1. The molecule has 0 radical (unpaired) electrons. The first-order valence-corrected chi connectivity index (χ1v) is 13.8. The normalized spacial score (nSPS) is 16.7. The summed E-state index contributed by atoms with van der Waals surface area (Å²) in [6, 6.07) is 20.2. The van der Waals surface area contributed by atoms with Gasteiger partial charge in [-0.1, -0.05) is 31.2 Å². The molecule has 38 heavy (non-hydrogen) atoms. The molecule has 5 rings (SSSR count). The van der Waals surface area contributed by atoms with Crippen LogP contribution in [0.4, 0.5) is 15.8 Å². The predicted octanol–water partition coefficient (Wildman–Crippen LogP) is 7.31. The second kappa shape index (κ2) is 11.9. The minimum atomic E-state index is -0.538. The number of nitrogens with one attached hydrogen (secondary N) is 1. The Labute approximate surface area is 224 Å². The average Bonchev–Trinajstić information content (AvgIpc) is 3.78. The second-order valence-electron chi connectivity index (χ2n) is 10.7. The number of nitrogens with zero attached hydrogens (tertiary/aromatic N) is 1. The lowest BCUT2D eigenvalue weighted by Gasteiger charge is -2.34. The van der Waals surface area contributed by atoms with Crippen LogP contribution in [-0.2, 0) is 6.67 Å². The Morgan fingerprint density at radius 2 is 1.82 bits per heavy atom. The van der Waals surface area contributed by atoms with E-state index < -0.39 is 6.67 Å². The number of benzene rings is 3. The number of hydrogen-bond acceptors (Lipinski definition) is 4. The van der Waals surface area contributed by atoms with E-state index in [4.69, 9.17) is 4.74 Å². The smallest absolute Gasteiger partial charge is 0.257 e. The molecule has 0 bridgehead atoms. The van der Waals surface area contributed by atoms with Gasteiger partial charge in [0.05, 0.1) is 17.9 Å². The Hall–Kier alpha value is -3.54. The van der Waals surface area contributed by atoms with Crippen molar-refractivity contribution in [1.29, 1.82) is 0 Å². The van der Waals surface area contributed by atoms with Crippen LogP contribution in [0, 0.1) is 11.8 Å². The molecule has 1 saturated carbocycles. The fourth-order valence-corrected chi connectivity index (χ4v) is 5.58. The van der Waals surface area contributed by atoms with Gasteiger partial charge in [0.15, 0.2) is 0 Å². The minimum Gasteiger partial charge on any atom is -0.508 e. The van der Waals surface area contributed by atoms with Crippen LogP contribution >= 0.6 is 0 Å². The Kier molecular flexibility index (Phi) is 8.16. The van der Waals surface area contributed by atoms with E-state index in [2.05, 4.69) is 41.4 Å². The molecule has 1 aliphatic carbocycles. The first-order chi connectivity index (χ1) is 18.5. The molecular weight excluding hydrogens is 479 g/mol. The molecular formula is C32H37FN2O3. The third-order valence-electron chi connectivity index (χ3n) is 7.95. The van der Waals surface area contributed by atoms with Crippen LogP contribution in [0.2, 0.25) is 0 Å². The standard InChI is InChI=1S/C32H37FN2O3/c1-2-29(24-8-9-24)25-4-3-5-28(18-25)38-21-23-14-16-35(17-15-23)31-19-27(36)12-13-30(31)32(37)34-26-10-6-22(20-33)7-11-26/h3-7,10-13,18-19,23-24,29,36H,2,8-9,14-17,20-21H2,1H3,(H,34,37). The average molecular weight is 517 g/mol. The van der Waals surface area contributed by atoms with Crippen molar-refractivity contribution in [2.45, 2.75) is 51.6 Å². The molecule has 200 valence electrons. The van der Waals surface area contributed by atoms with E-state index in [-0.39, 0.29) is 11.7 Å². The van der Waals surface area contributed by atoms with Crippen molar-refractivity contribution < 1.29 is 19.0 Å². The van der Waals surface area contributed by atoms with Gasteiger partial charge in [-0.2, -0.15) is 0 Å². The number of hydrogen-bond donors (Lipinski definition) is 2. The Morgan fingerprint density at radius 3 is 2.50 bits per heavy atom. The monoisotopic (exact) mass is 516 g/mol. The molecule has 1 atom stereocenters. The van der Waals surface area contributed by atoms with Crippen molar-refractivity contribution in [3.63, 3.8) is 0 Å². The van der Waals surface area contributed by atoms with E-state index >= 15 is 0 Å². The first kappa shape index (κ1) is 26.1. The van der Waals surface area contributed by atoms with E-state index in [0.29, 0.717) is 35.3 Å². The zero-order valence-electron chi connectivity index (χ0n) is 22.0. The topological polar surface area (TPSA) is 61.8 Å². The van der Waals surface area contributed by atoms with Crippen molar-refractivity contribution in [3.05, 3.63) is 83.4 Å². The summed E-state index contributed by atoms with van der Waals surface area (Å²) in [6.45, 7) is 3.98. The summed E-state index contributed by atoms with van der Waals surface area (Å²) in [5, 5.41) is 13.1. The second-order valence-corrected chi connectivity index (χ2v) is 10.7. The van der Waals surface area contributed by atoms with Crippen molar-refractivity contribution in [3.8, 4) is 11.5 Å². The van der Waals surface area contributed by atoms with E-state index in [9.17, 15) is 14.3 Å². The fourth-order valence-electron chi connectivity index (χ4n) is 5.58. The highest BCUT2D eigenvalue weighted by Gasteiger charge is 2.31. The number of anilines is 2. The van der Waals surface area contributed by atoms with Crippen LogP contribution in [0.15, 0.2) is 66.7 Å². The van der Waals surface area contributed by atoms with Gasteiger partial charge in [-0.3, -0.25) is 4.79 Å². The molecule has 2 N–H and O–H groups in total. The Bertz CT molecular complexity index is 1230. The van der Waals surface area contributed by atoms with Gasteiger partial charge >= 0.3 is 0 Å². The summed E-state index contributed by atoms with van der Waals surface area (Å²) < 4.78 is 19.0. The van der Waals surface area contributed by atoms with Gasteiger partial charge in [-0.05, 0) is 97.4 Å². The number of phenolic OH excluding ortho intramolecular Hbond substituents is 1. The highest BCUT2D eigenvalue weighted by Crippen LogP contribution is 2.45. The third-order valence-corrected chi connectivity index (χ3v) is 7.95. The summed E-state index contributed by atoms with van der Waals surface area (Å²) in [6.07, 6.45) is 5.76. The van der Waals surface area contributed by atoms with Crippen molar-refractivity contribution >= 4 is 17.3 Å². The number of rotatable bonds is 10. The van der Waals surface area contributed by atoms with Gasteiger partial charge < -0.3 is 20.1 Å². The molecule has 0 spiro atoms. The van der Waals surface area contributed by atoms with E-state index in [1.807, 2.05) is 0 Å². The molecule has 5 nitrogen and oxygen atoms in total. The van der Waals surface area contributed by atoms with Crippen LogP contribution in [0.3, 0.4) is 0 Å². The molecule has 2 aliphatic rings. The number of carbonyl (C=O) groups excluding carboxylic acids is 1. The fraction of sp³-hybridized carbons (Fsp3) is 0.406. The lowest BCUT2D eigenvalue weighted by Crippen LogP contribution is -2.36. The summed E-state index contributed by atoms with van der Waals surface area (Å²) in [5.74, 6) is 2.75. The molecule has 1 aliphatic heterocycles. The molecule has 2 fully saturated rings. The molecule has 1 saturated heterocycles. The molecule has 0 aromatic heterocycles. The van der Waals surface area contributed by atoms with E-state index in [1.165, 1.54) is 30.9 Å². The number of halogens is 1. The van der Waals surface area contributed by atoms with Crippen LogP contribution in [0.1, 0.15) is 66.4 Å². The molecule has 3 aromatic carbocycles. The number of amides is 1. The van der Waals surface area contributed by atoms with Crippen LogP contribution in [0.25, 0.3) is 0 Å². The van der Waals surface area contributed by atoms with Gasteiger partial charge in [0.1, 0.15) is 18.2 Å². The lowest BCUT2D eigenvalue weighted by molar-refractivity contribution is 0.102. The lowest BCUT2D eigenvalue weighted by atomic mass is 9.92. The van der Waals surface area contributed by atoms with Crippen molar-refractivity contribution in [1.82, 2.24) is 0 Å². The van der Waals surface area contributed by atoms with Gasteiger partial charge in [-0.25, -0.2) is 4.39 Å². The van der Waals surface area contributed by atoms with Gasteiger partial charge in [0, 0.05) is 24.8 Å². The number of aromatic hydroxyl groups is 1. The zero-order valence-corrected chi connectivity index (χ0v) is 22.0. The summed E-state index contributed by atoms with van der Waals surface area (Å²) in [5.41, 5.74) is 3.80. The number of carbonyl (C=O) groups is 1. The van der Waals surface area contributed by atoms with Crippen molar-refractivity contribution in [2.75, 3.05) is 29.9 Å². The quantitative estimate of drug-likeness (QED) is 0.297. The number of ether oxygens (including phenoxy) is 1. The van der Waals surface area contributed by atoms with Crippen LogP contribution < -0.4 is 15.0 Å². The largest absolute Gasteiger partial charge is 0.508 e. The van der Waals surface area contributed by atoms with Gasteiger partial charge in [0.25, 0.3) is 5.91 Å². The number of alkyl halides is 1. The molecule has 3 aromatic rings. The molecule has 6 heteroatoms. The number of piperidine rings is 1. The molecule has 1 heterocycles. The third kappa shape index (κ3) is 6.29. The first-order valence-electron chi connectivity index (χ1n) is 13.8. The summed E-state index contributed by atoms with van der Waals surface area (Å²) in [4.78, 5) is 15.3. The SMILES string of the molecule is CCC(c1cccc(OCC2CCN(c3cc(O)ccc3C(=O)Nc3ccc(CF)cc3)CC2)c1)C1CC1. The maximum Gasteiger partial charge on any atom is 0.257 e. The maximum atomic E-state index is 13.1. The molecule has 1 unspecified atom stereocenters. The highest BCUT2D eigenvalue weighted by atomic mass is 19.1. The van der Waals surface area contributed by atoms with Gasteiger partial charge in [0.2, 0.25) is 0 Å². The van der Waals surface area contributed by atoms with Crippen LogP contribution in [0.5, 0.6) is 11.5 Å². The maximum absolute atomic E-state index is 13.1. The van der Waals surface area contributed by atoms with Crippen LogP contribution in [-0.4, -0.2) is 30.7 Å². The summed E-state index contributed by atoms with van der Waals surface area (Å²) in [7, 11) is 0.